The van der Waals surface area contributed by atoms with Gasteiger partial charge in [0.05, 0.1) is 5.69 Å². The highest BCUT2D eigenvalue weighted by Gasteiger charge is 2.18. The molecule has 0 radical (unpaired) electrons. The first-order chi connectivity index (χ1) is 10.4. The zero-order valence-corrected chi connectivity index (χ0v) is 12.8. The van der Waals surface area contributed by atoms with Crippen LogP contribution in [-0.4, -0.2) is 17.6 Å². The Hall–Kier alpha value is -1.61. The van der Waals surface area contributed by atoms with Crippen molar-refractivity contribution in [2.45, 2.75) is 51.7 Å². The molecule has 0 spiro atoms. The van der Waals surface area contributed by atoms with Crippen molar-refractivity contribution in [3.63, 3.8) is 0 Å². The SMILES string of the molecule is CCCNCc1cc2ccccc2c(OC2CCCC2)n1. The fourth-order valence-corrected chi connectivity index (χ4v) is 2.96. The molecule has 1 N–H and O–H groups in total. The van der Waals surface area contributed by atoms with Crippen LogP contribution in [0.1, 0.15) is 44.7 Å². The van der Waals surface area contributed by atoms with Crippen LogP contribution in [0, 0.1) is 0 Å². The Labute approximate surface area is 126 Å². The molecule has 1 saturated carbocycles. The zero-order chi connectivity index (χ0) is 14.5. The first-order valence-corrected chi connectivity index (χ1v) is 8.13. The van der Waals surface area contributed by atoms with Crippen LogP contribution >= 0.6 is 0 Å². The number of nitrogens with zero attached hydrogens (tertiary/aromatic N) is 1. The average molecular weight is 284 g/mol. The summed E-state index contributed by atoms with van der Waals surface area (Å²) in [5, 5.41) is 5.76. The number of hydrogen-bond donors (Lipinski definition) is 1. The summed E-state index contributed by atoms with van der Waals surface area (Å²) < 4.78 is 6.20. The van der Waals surface area contributed by atoms with Crippen molar-refractivity contribution in [3.8, 4) is 5.88 Å². The minimum atomic E-state index is 0.347. The van der Waals surface area contributed by atoms with Gasteiger partial charge in [-0.3, -0.25) is 0 Å². The third-order valence-electron chi connectivity index (χ3n) is 4.07. The molecule has 1 aromatic carbocycles. The van der Waals surface area contributed by atoms with Crippen molar-refractivity contribution >= 4 is 10.8 Å². The second-order valence-electron chi connectivity index (χ2n) is 5.84. The minimum Gasteiger partial charge on any atom is -0.474 e. The van der Waals surface area contributed by atoms with Gasteiger partial charge in [0.25, 0.3) is 0 Å². The molecule has 3 nitrogen and oxygen atoms in total. The van der Waals surface area contributed by atoms with E-state index < -0.39 is 0 Å². The molecule has 1 aliphatic carbocycles. The van der Waals surface area contributed by atoms with Gasteiger partial charge in [0, 0.05) is 11.9 Å². The van der Waals surface area contributed by atoms with Crippen molar-refractivity contribution in [1.82, 2.24) is 10.3 Å². The predicted octanol–water partition coefficient (Wildman–Crippen LogP) is 4.06. The number of nitrogens with one attached hydrogen (secondary N) is 1. The lowest BCUT2D eigenvalue weighted by Gasteiger charge is -2.15. The molecule has 0 amide bonds. The summed E-state index contributed by atoms with van der Waals surface area (Å²) >= 11 is 0. The smallest absolute Gasteiger partial charge is 0.221 e. The topological polar surface area (TPSA) is 34.1 Å². The van der Waals surface area contributed by atoms with E-state index in [4.69, 9.17) is 9.72 Å². The van der Waals surface area contributed by atoms with Crippen LogP contribution in [0.4, 0.5) is 0 Å². The van der Waals surface area contributed by atoms with Crippen LogP contribution < -0.4 is 10.1 Å². The molecule has 3 heteroatoms. The molecule has 0 saturated heterocycles. The van der Waals surface area contributed by atoms with Gasteiger partial charge >= 0.3 is 0 Å². The highest BCUT2D eigenvalue weighted by atomic mass is 16.5. The van der Waals surface area contributed by atoms with Crippen LogP contribution in [0.25, 0.3) is 10.8 Å². The maximum Gasteiger partial charge on any atom is 0.221 e. The molecule has 0 atom stereocenters. The minimum absolute atomic E-state index is 0.347. The van der Waals surface area contributed by atoms with Crippen molar-refractivity contribution in [2.75, 3.05) is 6.54 Å². The zero-order valence-electron chi connectivity index (χ0n) is 12.8. The van der Waals surface area contributed by atoms with E-state index in [-0.39, 0.29) is 0 Å². The molecule has 0 aliphatic heterocycles. The van der Waals surface area contributed by atoms with E-state index in [1.165, 1.54) is 18.2 Å². The fourth-order valence-electron chi connectivity index (χ4n) is 2.96. The van der Waals surface area contributed by atoms with Gasteiger partial charge in [-0.1, -0.05) is 25.1 Å². The van der Waals surface area contributed by atoms with Gasteiger partial charge in [-0.05, 0) is 56.2 Å². The Morgan fingerprint density at radius 2 is 2.05 bits per heavy atom. The van der Waals surface area contributed by atoms with E-state index in [0.29, 0.717) is 6.10 Å². The second kappa shape index (κ2) is 6.90. The largest absolute Gasteiger partial charge is 0.474 e. The average Bonchev–Trinajstić information content (AvgIpc) is 3.01. The molecule has 0 bridgehead atoms. The summed E-state index contributed by atoms with van der Waals surface area (Å²) in [7, 11) is 0. The third-order valence-corrected chi connectivity index (χ3v) is 4.07. The van der Waals surface area contributed by atoms with Crippen LogP contribution in [-0.2, 0) is 6.54 Å². The van der Waals surface area contributed by atoms with Crippen LogP contribution in [0.15, 0.2) is 30.3 Å². The third kappa shape index (κ3) is 3.53. The number of benzene rings is 1. The lowest BCUT2D eigenvalue weighted by Crippen LogP contribution is -2.16. The normalized spacial score (nSPS) is 15.7. The Balaban J connectivity index is 1.87. The van der Waals surface area contributed by atoms with E-state index in [9.17, 15) is 0 Å². The molecule has 112 valence electrons. The molecule has 1 fully saturated rings. The van der Waals surface area contributed by atoms with E-state index in [1.807, 2.05) is 0 Å². The Morgan fingerprint density at radius 3 is 2.86 bits per heavy atom. The summed E-state index contributed by atoms with van der Waals surface area (Å²) in [6.45, 7) is 4.00. The number of fused-ring (bicyclic) bond motifs is 1. The Morgan fingerprint density at radius 1 is 1.24 bits per heavy atom. The van der Waals surface area contributed by atoms with Gasteiger partial charge in [0.2, 0.25) is 5.88 Å². The standard InChI is InChI=1S/C18H24N2O/c1-2-11-19-13-15-12-14-7-3-6-10-17(14)18(20-15)21-16-8-4-5-9-16/h3,6-7,10,12,16,19H,2,4-5,8-9,11,13H2,1H3. The first kappa shape index (κ1) is 14.3. The van der Waals surface area contributed by atoms with Gasteiger partial charge in [0.15, 0.2) is 0 Å². The highest BCUT2D eigenvalue weighted by molar-refractivity contribution is 5.87. The lowest BCUT2D eigenvalue weighted by atomic mass is 10.1. The van der Waals surface area contributed by atoms with E-state index in [0.717, 1.165) is 49.3 Å². The van der Waals surface area contributed by atoms with Crippen molar-refractivity contribution in [3.05, 3.63) is 36.0 Å². The highest BCUT2D eigenvalue weighted by Crippen LogP contribution is 2.29. The summed E-state index contributed by atoms with van der Waals surface area (Å²) in [5.74, 6) is 0.813. The lowest BCUT2D eigenvalue weighted by molar-refractivity contribution is 0.204. The maximum absolute atomic E-state index is 6.20. The van der Waals surface area contributed by atoms with Gasteiger partial charge in [0.1, 0.15) is 6.10 Å². The number of ether oxygens (including phenoxy) is 1. The molecular weight excluding hydrogens is 260 g/mol. The van der Waals surface area contributed by atoms with Crippen molar-refractivity contribution < 1.29 is 4.74 Å². The summed E-state index contributed by atoms with van der Waals surface area (Å²) in [5.41, 5.74) is 1.06. The van der Waals surface area contributed by atoms with E-state index in [2.05, 4.69) is 42.6 Å². The van der Waals surface area contributed by atoms with E-state index in [1.54, 1.807) is 0 Å². The number of hydrogen-bond acceptors (Lipinski definition) is 3. The van der Waals surface area contributed by atoms with E-state index >= 15 is 0 Å². The number of aromatic nitrogens is 1. The molecule has 1 heterocycles. The molecule has 2 aromatic rings. The summed E-state index contributed by atoms with van der Waals surface area (Å²) in [4.78, 5) is 4.75. The van der Waals surface area contributed by atoms with Crippen molar-refractivity contribution in [2.24, 2.45) is 0 Å². The molecule has 21 heavy (non-hydrogen) atoms. The van der Waals surface area contributed by atoms with Gasteiger partial charge < -0.3 is 10.1 Å². The maximum atomic E-state index is 6.20. The van der Waals surface area contributed by atoms with Crippen LogP contribution in [0.3, 0.4) is 0 Å². The fraction of sp³-hybridized carbons (Fsp3) is 0.500. The Kier molecular flexibility index (Phi) is 4.71. The molecule has 1 aliphatic rings. The quantitative estimate of drug-likeness (QED) is 0.812. The number of pyridine rings is 1. The first-order valence-electron chi connectivity index (χ1n) is 8.13. The number of rotatable bonds is 6. The monoisotopic (exact) mass is 284 g/mol. The molecule has 0 unspecified atom stereocenters. The van der Waals surface area contributed by atoms with Crippen LogP contribution in [0.2, 0.25) is 0 Å². The summed E-state index contributed by atoms with van der Waals surface area (Å²) in [6, 6.07) is 10.5. The van der Waals surface area contributed by atoms with Crippen LogP contribution in [0.5, 0.6) is 5.88 Å². The van der Waals surface area contributed by atoms with Gasteiger partial charge in [-0.25, -0.2) is 4.98 Å². The van der Waals surface area contributed by atoms with Crippen molar-refractivity contribution in [1.29, 1.82) is 0 Å². The Bertz CT molecular complexity index is 591. The summed E-state index contributed by atoms with van der Waals surface area (Å²) in [6.07, 6.45) is 6.36. The predicted molar refractivity (Wildman–Crippen MR) is 86.6 cm³/mol. The van der Waals surface area contributed by atoms with Gasteiger partial charge in [-0.2, -0.15) is 0 Å². The molecular formula is C18H24N2O. The van der Waals surface area contributed by atoms with Gasteiger partial charge in [-0.15, -0.1) is 0 Å². The molecule has 1 aromatic heterocycles. The second-order valence-corrected chi connectivity index (χ2v) is 5.84. The molecule has 3 rings (SSSR count).